The number of carbonyl (C=O) groups excluding carboxylic acids is 1. The summed E-state index contributed by atoms with van der Waals surface area (Å²) < 4.78 is 0. The first-order chi connectivity index (χ1) is 10.5. The number of hydrogen-bond donors (Lipinski definition) is 1. The fraction of sp³-hybridized carbons (Fsp3) is 0.667. The van der Waals surface area contributed by atoms with E-state index in [0.717, 1.165) is 36.8 Å². The second-order valence-electron chi connectivity index (χ2n) is 5.86. The van der Waals surface area contributed by atoms with Crippen LogP contribution in [0.4, 0.5) is 5.13 Å². The van der Waals surface area contributed by atoms with Crippen LogP contribution in [0.5, 0.6) is 0 Å². The van der Waals surface area contributed by atoms with Gasteiger partial charge in [-0.3, -0.25) is 9.59 Å². The molecule has 0 atom stereocenters. The van der Waals surface area contributed by atoms with Crippen molar-refractivity contribution in [3.63, 3.8) is 0 Å². The fourth-order valence-electron chi connectivity index (χ4n) is 2.39. The Balaban J connectivity index is 2.06. The number of anilines is 1. The maximum absolute atomic E-state index is 12.3. The molecule has 2 heterocycles. The van der Waals surface area contributed by atoms with Gasteiger partial charge in [0.15, 0.2) is 5.13 Å². The van der Waals surface area contributed by atoms with Crippen LogP contribution in [0, 0.1) is 0 Å². The van der Waals surface area contributed by atoms with Gasteiger partial charge in [0.2, 0.25) is 5.91 Å². The number of aliphatic carboxylic acids is 1. The number of carboxylic acid groups (broad SMARTS) is 1. The Hall–Kier alpha value is -1.63. The molecule has 1 N–H and O–H groups in total. The average molecular weight is 325 g/mol. The second kappa shape index (κ2) is 7.58. The number of thiazole rings is 1. The fourth-order valence-corrected chi connectivity index (χ4v) is 3.40. The van der Waals surface area contributed by atoms with E-state index in [1.165, 1.54) is 11.3 Å². The van der Waals surface area contributed by atoms with Crippen molar-refractivity contribution in [3.8, 4) is 0 Å². The molecule has 0 saturated carbocycles. The molecule has 0 aromatic carbocycles. The lowest BCUT2D eigenvalue weighted by Gasteiger charge is -2.24. The minimum atomic E-state index is -0.862. The average Bonchev–Trinajstić information content (AvgIpc) is 3.13. The van der Waals surface area contributed by atoms with E-state index in [-0.39, 0.29) is 18.9 Å². The summed E-state index contributed by atoms with van der Waals surface area (Å²) in [6.45, 7) is 6.26. The van der Waals surface area contributed by atoms with E-state index in [2.05, 4.69) is 18.8 Å². The van der Waals surface area contributed by atoms with Gasteiger partial charge in [0.05, 0.1) is 18.7 Å². The third-order valence-electron chi connectivity index (χ3n) is 3.75. The molecule has 0 unspecified atom stereocenters. The predicted octanol–water partition coefficient (Wildman–Crippen LogP) is 2.17. The Kier molecular flexibility index (Phi) is 5.76. The summed E-state index contributed by atoms with van der Waals surface area (Å²) in [6, 6.07) is 0. The first-order valence-corrected chi connectivity index (χ1v) is 8.55. The predicted molar refractivity (Wildman–Crippen MR) is 86.5 cm³/mol. The largest absolute Gasteiger partial charge is 0.481 e. The third-order valence-corrected chi connectivity index (χ3v) is 4.67. The molecular formula is C15H23N3O3S. The number of carbonyl (C=O) groups is 2. The van der Waals surface area contributed by atoms with Gasteiger partial charge in [-0.05, 0) is 18.8 Å². The zero-order chi connectivity index (χ0) is 16.1. The van der Waals surface area contributed by atoms with Crippen LogP contribution in [0.25, 0.3) is 0 Å². The lowest BCUT2D eigenvalue weighted by molar-refractivity contribution is -0.137. The van der Waals surface area contributed by atoms with E-state index < -0.39 is 5.97 Å². The summed E-state index contributed by atoms with van der Waals surface area (Å²) in [4.78, 5) is 31.4. The Morgan fingerprint density at radius 2 is 2.09 bits per heavy atom. The molecule has 0 radical (unpaired) electrons. The minimum Gasteiger partial charge on any atom is -0.481 e. The molecule has 6 nitrogen and oxygen atoms in total. The summed E-state index contributed by atoms with van der Waals surface area (Å²) in [7, 11) is 0. The smallest absolute Gasteiger partial charge is 0.305 e. The molecule has 0 aliphatic carbocycles. The van der Waals surface area contributed by atoms with Gasteiger partial charge in [0, 0.05) is 25.0 Å². The number of hydrogen-bond acceptors (Lipinski definition) is 5. The molecule has 1 saturated heterocycles. The normalized spacial score (nSPS) is 14.6. The molecule has 7 heteroatoms. The van der Waals surface area contributed by atoms with Gasteiger partial charge in [0.1, 0.15) is 0 Å². The van der Waals surface area contributed by atoms with Gasteiger partial charge in [-0.25, -0.2) is 4.98 Å². The Labute approximate surface area is 134 Å². The summed E-state index contributed by atoms with van der Waals surface area (Å²) in [6.07, 6.45) is 2.11. The summed E-state index contributed by atoms with van der Waals surface area (Å²) in [5.41, 5.74) is 0.981. The van der Waals surface area contributed by atoms with E-state index in [0.29, 0.717) is 12.5 Å². The molecule has 1 aromatic heterocycles. The zero-order valence-corrected chi connectivity index (χ0v) is 13.9. The topological polar surface area (TPSA) is 73.7 Å². The van der Waals surface area contributed by atoms with Crippen molar-refractivity contribution in [1.82, 2.24) is 9.88 Å². The van der Waals surface area contributed by atoms with Crippen LogP contribution in [0.3, 0.4) is 0 Å². The summed E-state index contributed by atoms with van der Waals surface area (Å²) in [5.74, 6) is -0.482. The highest BCUT2D eigenvalue weighted by Crippen LogP contribution is 2.25. The molecule has 0 spiro atoms. The number of rotatable bonds is 7. The molecule has 1 amide bonds. The van der Waals surface area contributed by atoms with Crippen LogP contribution in [0.2, 0.25) is 0 Å². The van der Waals surface area contributed by atoms with Crippen LogP contribution in [0.1, 0.15) is 44.7 Å². The SMILES string of the molecule is CC(C)c1csc(N(CCC(=O)O)CC(=O)N2CCCC2)n1. The lowest BCUT2D eigenvalue weighted by Crippen LogP contribution is -2.40. The highest BCUT2D eigenvalue weighted by molar-refractivity contribution is 7.13. The molecule has 1 fully saturated rings. The van der Waals surface area contributed by atoms with Crippen molar-refractivity contribution in [2.24, 2.45) is 0 Å². The molecule has 22 heavy (non-hydrogen) atoms. The molecule has 1 aromatic rings. The maximum atomic E-state index is 12.3. The van der Waals surface area contributed by atoms with Gasteiger partial charge < -0.3 is 14.9 Å². The summed E-state index contributed by atoms with van der Waals surface area (Å²) in [5, 5.41) is 11.6. The van der Waals surface area contributed by atoms with Crippen molar-refractivity contribution in [1.29, 1.82) is 0 Å². The number of likely N-dealkylation sites (tertiary alicyclic amines) is 1. The second-order valence-corrected chi connectivity index (χ2v) is 6.70. The van der Waals surface area contributed by atoms with E-state index in [9.17, 15) is 9.59 Å². The van der Waals surface area contributed by atoms with Crippen LogP contribution >= 0.6 is 11.3 Å². The van der Waals surface area contributed by atoms with Crippen LogP contribution < -0.4 is 4.90 Å². The monoisotopic (exact) mass is 325 g/mol. The zero-order valence-electron chi connectivity index (χ0n) is 13.1. The lowest BCUT2D eigenvalue weighted by atomic mass is 10.2. The Bertz CT molecular complexity index is 524. The molecule has 122 valence electrons. The minimum absolute atomic E-state index is 0.00384. The van der Waals surface area contributed by atoms with Crippen molar-refractivity contribution >= 4 is 28.3 Å². The van der Waals surface area contributed by atoms with Crippen LogP contribution in [-0.4, -0.2) is 53.0 Å². The first kappa shape index (κ1) is 16.7. The summed E-state index contributed by atoms with van der Waals surface area (Å²) >= 11 is 1.47. The van der Waals surface area contributed by atoms with E-state index in [4.69, 9.17) is 5.11 Å². The van der Waals surface area contributed by atoms with Crippen molar-refractivity contribution in [3.05, 3.63) is 11.1 Å². The van der Waals surface area contributed by atoms with Crippen molar-refractivity contribution in [2.75, 3.05) is 31.1 Å². The Morgan fingerprint density at radius 1 is 1.41 bits per heavy atom. The number of amides is 1. The van der Waals surface area contributed by atoms with Crippen LogP contribution in [0.15, 0.2) is 5.38 Å². The van der Waals surface area contributed by atoms with E-state index in [1.54, 1.807) is 4.90 Å². The third kappa shape index (κ3) is 4.43. The molecule has 0 bridgehead atoms. The van der Waals surface area contributed by atoms with Crippen molar-refractivity contribution < 1.29 is 14.7 Å². The molecular weight excluding hydrogens is 302 g/mol. The molecule has 2 rings (SSSR count). The number of nitrogens with zero attached hydrogens (tertiary/aromatic N) is 3. The first-order valence-electron chi connectivity index (χ1n) is 7.67. The van der Waals surface area contributed by atoms with Crippen LogP contribution in [-0.2, 0) is 9.59 Å². The molecule has 1 aliphatic rings. The van der Waals surface area contributed by atoms with Gasteiger partial charge in [-0.15, -0.1) is 11.3 Å². The highest BCUT2D eigenvalue weighted by Gasteiger charge is 2.22. The Morgan fingerprint density at radius 3 is 2.64 bits per heavy atom. The standard InChI is InChI=1S/C15H23N3O3S/c1-11(2)12-10-22-15(16-12)18(8-5-14(20)21)9-13(19)17-6-3-4-7-17/h10-11H,3-9H2,1-2H3,(H,20,21). The van der Waals surface area contributed by atoms with E-state index in [1.807, 2.05) is 10.3 Å². The highest BCUT2D eigenvalue weighted by atomic mass is 32.1. The number of aromatic nitrogens is 1. The van der Waals surface area contributed by atoms with Crippen molar-refractivity contribution in [2.45, 2.75) is 39.0 Å². The number of carboxylic acids is 1. The molecule has 1 aliphatic heterocycles. The quantitative estimate of drug-likeness (QED) is 0.831. The van der Waals surface area contributed by atoms with Gasteiger partial charge in [0.25, 0.3) is 0 Å². The maximum Gasteiger partial charge on any atom is 0.305 e. The van der Waals surface area contributed by atoms with Gasteiger partial charge >= 0.3 is 5.97 Å². The van der Waals surface area contributed by atoms with E-state index >= 15 is 0 Å². The van der Waals surface area contributed by atoms with Gasteiger partial charge in [-0.2, -0.15) is 0 Å². The van der Waals surface area contributed by atoms with Gasteiger partial charge in [-0.1, -0.05) is 13.8 Å².